The number of methoxy groups -OCH3 is 1. The summed E-state index contributed by atoms with van der Waals surface area (Å²) in [6, 6.07) is 3.64. The normalized spacial score (nSPS) is 17.1. The first-order valence-corrected chi connectivity index (χ1v) is 5.70. The Labute approximate surface area is 100 Å². The van der Waals surface area contributed by atoms with E-state index in [0.29, 0.717) is 12.4 Å². The number of rotatable bonds is 4. The van der Waals surface area contributed by atoms with E-state index in [1.165, 1.54) is 0 Å². The average molecular weight is 235 g/mol. The van der Waals surface area contributed by atoms with Crippen molar-refractivity contribution in [3.63, 3.8) is 0 Å². The molecule has 1 saturated carbocycles. The van der Waals surface area contributed by atoms with Gasteiger partial charge in [0.25, 0.3) is 0 Å². The topological polar surface area (TPSA) is 77.2 Å². The Morgan fingerprint density at radius 1 is 1.65 bits per heavy atom. The summed E-state index contributed by atoms with van der Waals surface area (Å²) in [5.74, 6) is 0.474. The number of pyridine rings is 1. The van der Waals surface area contributed by atoms with E-state index in [4.69, 9.17) is 10.5 Å². The monoisotopic (exact) mass is 235 g/mol. The van der Waals surface area contributed by atoms with Crippen LogP contribution in [0.25, 0.3) is 0 Å². The second kappa shape index (κ2) is 4.71. The molecule has 5 nitrogen and oxygen atoms in total. The summed E-state index contributed by atoms with van der Waals surface area (Å²) >= 11 is 0. The fourth-order valence-electron chi connectivity index (χ4n) is 1.82. The highest BCUT2D eigenvalue weighted by Gasteiger charge is 2.39. The Morgan fingerprint density at radius 3 is 3.00 bits per heavy atom. The average Bonchev–Trinajstić information content (AvgIpc) is 2.33. The summed E-state index contributed by atoms with van der Waals surface area (Å²) in [7, 11) is 1.56. The third-order valence-electron chi connectivity index (χ3n) is 3.16. The van der Waals surface area contributed by atoms with Gasteiger partial charge in [0.05, 0.1) is 12.6 Å². The van der Waals surface area contributed by atoms with Crippen LogP contribution in [0.15, 0.2) is 18.3 Å². The van der Waals surface area contributed by atoms with Crippen molar-refractivity contribution in [3.05, 3.63) is 23.9 Å². The molecule has 1 aromatic heterocycles. The summed E-state index contributed by atoms with van der Waals surface area (Å²) in [4.78, 5) is 15.8. The maximum absolute atomic E-state index is 11.8. The van der Waals surface area contributed by atoms with Crippen LogP contribution < -0.4 is 15.8 Å². The zero-order valence-corrected chi connectivity index (χ0v) is 9.90. The van der Waals surface area contributed by atoms with E-state index >= 15 is 0 Å². The van der Waals surface area contributed by atoms with E-state index < -0.39 is 5.54 Å². The van der Waals surface area contributed by atoms with E-state index in [-0.39, 0.29) is 5.91 Å². The first kappa shape index (κ1) is 11.9. The molecule has 0 saturated heterocycles. The van der Waals surface area contributed by atoms with Crippen molar-refractivity contribution in [1.29, 1.82) is 0 Å². The summed E-state index contributed by atoms with van der Waals surface area (Å²) in [5.41, 5.74) is 6.23. The van der Waals surface area contributed by atoms with Gasteiger partial charge in [-0.05, 0) is 30.9 Å². The van der Waals surface area contributed by atoms with Gasteiger partial charge in [0.1, 0.15) is 0 Å². The minimum Gasteiger partial charge on any atom is -0.481 e. The molecule has 1 fully saturated rings. The quantitative estimate of drug-likeness (QED) is 0.800. The number of nitrogens with two attached hydrogens (primary N) is 1. The SMILES string of the molecule is COc1cc(CNC(=O)C2(N)CCC2)ccn1. The van der Waals surface area contributed by atoms with Crippen LogP contribution in [0.1, 0.15) is 24.8 Å². The molecular formula is C12H17N3O2. The molecule has 0 unspecified atom stereocenters. The first-order chi connectivity index (χ1) is 8.14. The Bertz CT molecular complexity index is 416. The van der Waals surface area contributed by atoms with E-state index in [1.54, 1.807) is 19.4 Å². The Hall–Kier alpha value is -1.62. The van der Waals surface area contributed by atoms with Crippen LogP contribution in [0.3, 0.4) is 0 Å². The molecule has 92 valence electrons. The molecule has 2 rings (SSSR count). The van der Waals surface area contributed by atoms with Crippen LogP contribution in [0, 0.1) is 0 Å². The summed E-state index contributed by atoms with van der Waals surface area (Å²) in [6.07, 6.45) is 4.24. The van der Waals surface area contributed by atoms with Crippen LogP contribution in [0.2, 0.25) is 0 Å². The van der Waals surface area contributed by atoms with E-state index in [2.05, 4.69) is 10.3 Å². The lowest BCUT2D eigenvalue weighted by atomic mass is 9.77. The molecular weight excluding hydrogens is 218 g/mol. The van der Waals surface area contributed by atoms with Crippen LogP contribution in [-0.2, 0) is 11.3 Å². The fraction of sp³-hybridized carbons (Fsp3) is 0.500. The van der Waals surface area contributed by atoms with Crippen LogP contribution in [0.5, 0.6) is 5.88 Å². The molecule has 1 aliphatic carbocycles. The zero-order chi connectivity index (χ0) is 12.3. The van der Waals surface area contributed by atoms with Gasteiger partial charge in [-0.1, -0.05) is 0 Å². The highest BCUT2D eigenvalue weighted by Crippen LogP contribution is 2.29. The number of nitrogens with one attached hydrogen (secondary N) is 1. The van der Waals surface area contributed by atoms with Crippen molar-refractivity contribution >= 4 is 5.91 Å². The summed E-state index contributed by atoms with van der Waals surface area (Å²) in [6.45, 7) is 0.455. The molecule has 0 radical (unpaired) electrons. The molecule has 0 spiro atoms. The Kier molecular flexibility index (Phi) is 3.28. The lowest BCUT2D eigenvalue weighted by Gasteiger charge is -2.36. The van der Waals surface area contributed by atoms with Crippen molar-refractivity contribution in [2.24, 2.45) is 5.73 Å². The van der Waals surface area contributed by atoms with Crippen molar-refractivity contribution in [2.45, 2.75) is 31.3 Å². The second-order valence-corrected chi connectivity index (χ2v) is 4.40. The third-order valence-corrected chi connectivity index (χ3v) is 3.16. The summed E-state index contributed by atoms with van der Waals surface area (Å²) in [5, 5.41) is 2.85. The lowest BCUT2D eigenvalue weighted by Crippen LogP contribution is -2.58. The maximum Gasteiger partial charge on any atom is 0.240 e. The first-order valence-electron chi connectivity index (χ1n) is 5.70. The van der Waals surface area contributed by atoms with Gasteiger partial charge in [-0.2, -0.15) is 0 Å². The van der Waals surface area contributed by atoms with Crippen molar-refractivity contribution in [1.82, 2.24) is 10.3 Å². The van der Waals surface area contributed by atoms with Gasteiger partial charge >= 0.3 is 0 Å². The molecule has 1 aliphatic rings. The number of amides is 1. The van der Waals surface area contributed by atoms with Crippen molar-refractivity contribution in [3.8, 4) is 5.88 Å². The number of carbonyl (C=O) groups excluding carboxylic acids is 1. The lowest BCUT2D eigenvalue weighted by molar-refractivity contribution is -0.129. The number of hydrogen-bond donors (Lipinski definition) is 2. The standard InChI is InChI=1S/C12H17N3O2/c1-17-10-7-9(3-6-14-10)8-15-11(16)12(13)4-2-5-12/h3,6-7H,2,4-5,8,13H2,1H3,(H,15,16). The Morgan fingerprint density at radius 2 is 2.41 bits per heavy atom. The predicted molar refractivity (Wildman–Crippen MR) is 63.4 cm³/mol. The highest BCUT2D eigenvalue weighted by molar-refractivity contribution is 5.86. The molecule has 1 amide bonds. The van der Waals surface area contributed by atoms with E-state index in [1.807, 2.05) is 6.07 Å². The molecule has 0 aromatic carbocycles. The number of hydrogen-bond acceptors (Lipinski definition) is 4. The van der Waals surface area contributed by atoms with Gasteiger partial charge in [0.2, 0.25) is 11.8 Å². The second-order valence-electron chi connectivity index (χ2n) is 4.40. The Balaban J connectivity index is 1.91. The minimum absolute atomic E-state index is 0.0699. The maximum atomic E-state index is 11.8. The number of nitrogens with zero attached hydrogens (tertiary/aromatic N) is 1. The molecule has 5 heteroatoms. The van der Waals surface area contributed by atoms with Crippen molar-refractivity contribution in [2.75, 3.05) is 7.11 Å². The molecule has 1 aromatic rings. The number of aromatic nitrogens is 1. The fourth-order valence-corrected chi connectivity index (χ4v) is 1.82. The third kappa shape index (κ3) is 2.55. The van der Waals surface area contributed by atoms with Gasteiger partial charge in [-0.25, -0.2) is 4.98 Å². The summed E-state index contributed by atoms with van der Waals surface area (Å²) < 4.78 is 5.01. The molecule has 1 heterocycles. The van der Waals surface area contributed by atoms with Gasteiger partial charge in [-0.3, -0.25) is 4.79 Å². The van der Waals surface area contributed by atoms with Gasteiger partial charge in [0.15, 0.2) is 0 Å². The predicted octanol–water partition coefficient (Wildman–Crippen LogP) is 0.588. The van der Waals surface area contributed by atoms with E-state index in [9.17, 15) is 4.79 Å². The van der Waals surface area contributed by atoms with Gasteiger partial charge < -0.3 is 15.8 Å². The zero-order valence-electron chi connectivity index (χ0n) is 9.90. The minimum atomic E-state index is -0.642. The highest BCUT2D eigenvalue weighted by atomic mass is 16.5. The van der Waals surface area contributed by atoms with Crippen LogP contribution in [-0.4, -0.2) is 23.5 Å². The molecule has 3 N–H and O–H groups in total. The largest absolute Gasteiger partial charge is 0.481 e. The molecule has 0 atom stereocenters. The molecule has 0 aliphatic heterocycles. The van der Waals surface area contributed by atoms with Crippen LogP contribution >= 0.6 is 0 Å². The number of carbonyl (C=O) groups is 1. The van der Waals surface area contributed by atoms with E-state index in [0.717, 1.165) is 24.8 Å². The smallest absolute Gasteiger partial charge is 0.240 e. The molecule has 17 heavy (non-hydrogen) atoms. The number of ether oxygens (including phenoxy) is 1. The van der Waals surface area contributed by atoms with Crippen molar-refractivity contribution < 1.29 is 9.53 Å². The van der Waals surface area contributed by atoms with Gasteiger partial charge in [0, 0.05) is 18.8 Å². The van der Waals surface area contributed by atoms with Gasteiger partial charge in [-0.15, -0.1) is 0 Å². The van der Waals surface area contributed by atoms with Crippen LogP contribution in [0.4, 0.5) is 0 Å². The molecule has 0 bridgehead atoms.